The van der Waals surface area contributed by atoms with Gasteiger partial charge in [-0.1, -0.05) is 31.2 Å². The van der Waals surface area contributed by atoms with Crippen LogP contribution in [0, 0.1) is 0 Å². The molecule has 4 aromatic carbocycles. The minimum Gasteiger partial charge on any atom is -0.497 e. The van der Waals surface area contributed by atoms with Gasteiger partial charge in [0.05, 0.1) is 19.3 Å². The van der Waals surface area contributed by atoms with E-state index in [4.69, 9.17) is 19.0 Å². The number of methoxy groups -OCH3 is 1. The molecule has 0 atom stereocenters. The van der Waals surface area contributed by atoms with Gasteiger partial charge in [-0.25, -0.2) is 4.79 Å². The number of carboxylic acid groups (broad SMARTS) is 1. The van der Waals surface area contributed by atoms with E-state index in [0.29, 0.717) is 34.9 Å². The van der Waals surface area contributed by atoms with E-state index in [0.717, 1.165) is 23.1 Å². The maximum atomic E-state index is 11.5. The number of nitrogens with one attached hydrogen (secondary N) is 1. The lowest BCUT2D eigenvalue weighted by Gasteiger charge is -2.13. The number of carbonyl (C=O) groups is 1. The number of hydrogen-bond donors (Lipinski definition) is 2. The van der Waals surface area contributed by atoms with Crippen molar-refractivity contribution in [2.24, 2.45) is 0 Å². The SMILES string of the molecule is CCCONC(=COc1ccc2c(C(=O)O)cccc2c1)c1cccc(Oc2ccc(OC)cc2)c1. The number of ether oxygens (including phenoxy) is 3. The number of fused-ring (bicyclic) bond motifs is 1. The normalized spacial score (nSPS) is 11.2. The molecule has 0 unspecified atom stereocenters. The highest BCUT2D eigenvalue weighted by Crippen LogP contribution is 2.28. The zero-order valence-corrected chi connectivity index (χ0v) is 20.1. The molecule has 0 saturated carbocycles. The van der Waals surface area contributed by atoms with E-state index in [9.17, 15) is 9.90 Å². The zero-order valence-electron chi connectivity index (χ0n) is 20.1. The van der Waals surface area contributed by atoms with E-state index in [2.05, 4.69) is 5.48 Å². The van der Waals surface area contributed by atoms with Crippen LogP contribution in [0.1, 0.15) is 29.3 Å². The first kappa shape index (κ1) is 24.6. The third-order valence-corrected chi connectivity index (χ3v) is 5.32. The zero-order chi connectivity index (χ0) is 25.3. The van der Waals surface area contributed by atoms with Gasteiger partial charge in [0.1, 0.15) is 35.0 Å². The Labute approximate surface area is 209 Å². The summed E-state index contributed by atoms with van der Waals surface area (Å²) in [5.41, 5.74) is 4.61. The molecule has 0 aromatic heterocycles. The minimum atomic E-state index is -0.967. The van der Waals surface area contributed by atoms with E-state index in [1.165, 1.54) is 0 Å². The van der Waals surface area contributed by atoms with Crippen molar-refractivity contribution in [2.45, 2.75) is 13.3 Å². The number of aromatic carboxylic acids is 1. The molecule has 7 nitrogen and oxygen atoms in total. The highest BCUT2D eigenvalue weighted by Gasteiger charge is 2.10. The van der Waals surface area contributed by atoms with E-state index in [1.807, 2.05) is 61.5 Å². The largest absolute Gasteiger partial charge is 0.497 e. The number of hydroxylamine groups is 1. The molecule has 36 heavy (non-hydrogen) atoms. The van der Waals surface area contributed by atoms with Crippen molar-refractivity contribution < 1.29 is 28.9 Å². The first-order chi connectivity index (χ1) is 17.6. The predicted octanol–water partition coefficient (Wildman–Crippen LogP) is 6.65. The smallest absolute Gasteiger partial charge is 0.336 e. The fourth-order valence-corrected chi connectivity index (χ4v) is 3.54. The molecule has 4 aromatic rings. The second kappa shape index (κ2) is 11.8. The van der Waals surface area contributed by atoms with Crippen LogP contribution in [0.4, 0.5) is 0 Å². The van der Waals surface area contributed by atoms with Gasteiger partial charge in [-0.05, 0) is 77.9 Å². The van der Waals surface area contributed by atoms with Crippen molar-refractivity contribution >= 4 is 22.4 Å². The fourth-order valence-electron chi connectivity index (χ4n) is 3.54. The van der Waals surface area contributed by atoms with Crippen LogP contribution in [0.5, 0.6) is 23.0 Å². The number of rotatable bonds is 11. The topological polar surface area (TPSA) is 86.3 Å². The Morgan fingerprint density at radius 3 is 2.39 bits per heavy atom. The molecule has 0 spiro atoms. The maximum Gasteiger partial charge on any atom is 0.336 e. The molecule has 0 aliphatic rings. The number of hydrogen-bond acceptors (Lipinski definition) is 6. The Morgan fingerprint density at radius 2 is 1.64 bits per heavy atom. The molecule has 4 rings (SSSR count). The van der Waals surface area contributed by atoms with Crippen molar-refractivity contribution in [1.82, 2.24) is 5.48 Å². The Morgan fingerprint density at radius 1 is 0.889 bits per heavy atom. The maximum absolute atomic E-state index is 11.5. The molecule has 2 N–H and O–H groups in total. The summed E-state index contributed by atoms with van der Waals surface area (Å²) < 4.78 is 17.1. The lowest BCUT2D eigenvalue weighted by atomic mass is 10.0. The highest BCUT2D eigenvalue weighted by molar-refractivity contribution is 6.03. The van der Waals surface area contributed by atoms with Crippen molar-refractivity contribution in [3.05, 3.63) is 102 Å². The second-order valence-electron chi connectivity index (χ2n) is 7.90. The van der Waals surface area contributed by atoms with Crippen molar-refractivity contribution in [3.63, 3.8) is 0 Å². The average molecular weight is 486 g/mol. The van der Waals surface area contributed by atoms with E-state index >= 15 is 0 Å². The molecule has 0 aliphatic carbocycles. The Bertz CT molecular complexity index is 1360. The van der Waals surface area contributed by atoms with Gasteiger partial charge >= 0.3 is 5.97 Å². The molecule has 0 amide bonds. The van der Waals surface area contributed by atoms with Crippen molar-refractivity contribution in [1.29, 1.82) is 0 Å². The summed E-state index contributed by atoms with van der Waals surface area (Å²) in [6.07, 6.45) is 2.41. The standard InChI is InChI=1S/C29H27NO6/c1-3-16-35-30-28(19-34-24-14-15-26-20(17-24)6-5-9-27(26)29(31)32)21-7-4-8-25(18-21)36-23-12-10-22(33-2)11-13-23/h4-15,17-19,30H,3,16H2,1-2H3,(H,31,32). The van der Waals surface area contributed by atoms with Gasteiger partial charge in [-0.2, -0.15) is 0 Å². The van der Waals surface area contributed by atoms with Gasteiger partial charge in [-0.15, -0.1) is 0 Å². The molecule has 0 aliphatic heterocycles. The lowest BCUT2D eigenvalue weighted by molar-refractivity contribution is 0.0699. The van der Waals surface area contributed by atoms with Crippen LogP contribution in [0.25, 0.3) is 16.5 Å². The molecular weight excluding hydrogens is 458 g/mol. The molecule has 0 fully saturated rings. The van der Waals surface area contributed by atoms with Crippen LogP contribution in [-0.2, 0) is 4.84 Å². The van der Waals surface area contributed by atoms with Gasteiger partial charge < -0.3 is 19.3 Å². The van der Waals surface area contributed by atoms with Gasteiger partial charge in [-0.3, -0.25) is 10.3 Å². The Balaban J connectivity index is 1.57. The van der Waals surface area contributed by atoms with Crippen molar-refractivity contribution in [3.8, 4) is 23.0 Å². The summed E-state index contributed by atoms with van der Waals surface area (Å²) in [6, 6.07) is 25.3. The van der Waals surface area contributed by atoms with Crippen LogP contribution in [-0.4, -0.2) is 24.8 Å². The Hall–Kier alpha value is -4.49. The van der Waals surface area contributed by atoms with Gasteiger partial charge in [0.25, 0.3) is 0 Å². The van der Waals surface area contributed by atoms with Gasteiger partial charge in [0.15, 0.2) is 0 Å². The molecule has 184 valence electrons. The molecule has 7 heteroatoms. The summed E-state index contributed by atoms with van der Waals surface area (Å²) in [5.74, 6) is 1.68. The molecule has 0 radical (unpaired) electrons. The van der Waals surface area contributed by atoms with Crippen LogP contribution < -0.4 is 19.7 Å². The lowest BCUT2D eigenvalue weighted by Crippen LogP contribution is -2.14. The fraction of sp³-hybridized carbons (Fsp3) is 0.138. The summed E-state index contributed by atoms with van der Waals surface area (Å²) in [6.45, 7) is 2.54. The van der Waals surface area contributed by atoms with Crippen LogP contribution in [0.2, 0.25) is 0 Å². The summed E-state index contributed by atoms with van der Waals surface area (Å²) in [4.78, 5) is 17.1. The molecular formula is C29H27NO6. The molecule has 0 saturated heterocycles. The third-order valence-electron chi connectivity index (χ3n) is 5.32. The summed E-state index contributed by atoms with van der Waals surface area (Å²) in [5, 5.41) is 10.8. The van der Waals surface area contributed by atoms with Gasteiger partial charge in [0, 0.05) is 5.56 Å². The molecule has 0 bridgehead atoms. The molecule has 0 heterocycles. The van der Waals surface area contributed by atoms with E-state index in [-0.39, 0.29) is 5.56 Å². The van der Waals surface area contributed by atoms with Crippen molar-refractivity contribution in [2.75, 3.05) is 13.7 Å². The first-order valence-corrected chi connectivity index (χ1v) is 11.5. The monoisotopic (exact) mass is 485 g/mol. The first-order valence-electron chi connectivity index (χ1n) is 11.5. The minimum absolute atomic E-state index is 0.249. The number of carboxylic acids is 1. The summed E-state index contributed by atoms with van der Waals surface area (Å²) in [7, 11) is 1.62. The van der Waals surface area contributed by atoms with Crippen LogP contribution in [0.3, 0.4) is 0 Å². The van der Waals surface area contributed by atoms with E-state index < -0.39 is 5.97 Å². The number of benzene rings is 4. The van der Waals surface area contributed by atoms with Gasteiger partial charge in [0.2, 0.25) is 0 Å². The highest BCUT2D eigenvalue weighted by atomic mass is 16.6. The summed E-state index contributed by atoms with van der Waals surface area (Å²) >= 11 is 0. The van der Waals surface area contributed by atoms with Crippen LogP contribution in [0.15, 0.2) is 91.2 Å². The third kappa shape index (κ3) is 6.14. The quantitative estimate of drug-likeness (QED) is 0.140. The second-order valence-corrected chi connectivity index (χ2v) is 7.90. The predicted molar refractivity (Wildman–Crippen MR) is 138 cm³/mol. The van der Waals surface area contributed by atoms with E-state index in [1.54, 1.807) is 43.7 Å². The average Bonchev–Trinajstić information content (AvgIpc) is 2.90. The Kier molecular flexibility index (Phi) is 8.05. The van der Waals surface area contributed by atoms with Crippen LogP contribution >= 0.6 is 0 Å².